The number of nitrogens with zero attached hydrogens (tertiary/aromatic N) is 3. The van der Waals surface area contributed by atoms with E-state index in [2.05, 4.69) is 10.6 Å². The van der Waals surface area contributed by atoms with Crippen molar-refractivity contribution in [2.24, 2.45) is 18.9 Å². The summed E-state index contributed by atoms with van der Waals surface area (Å²) in [7, 11) is 1.69. The molecule has 11 nitrogen and oxygen atoms in total. The Balaban J connectivity index is 1.22. The van der Waals surface area contributed by atoms with Gasteiger partial charge in [0.1, 0.15) is 11.6 Å². The highest BCUT2D eigenvalue weighted by Crippen LogP contribution is 2.33. The number of imide groups is 1. The lowest BCUT2D eigenvalue weighted by atomic mass is 9.85. The van der Waals surface area contributed by atoms with Crippen LogP contribution < -0.4 is 16.3 Å². The number of carbonyl (C=O) groups is 4. The van der Waals surface area contributed by atoms with Crippen LogP contribution in [0, 0.1) is 11.8 Å². The Hall–Kier alpha value is -3.63. The lowest BCUT2D eigenvalue weighted by Gasteiger charge is -2.31. The third kappa shape index (κ3) is 5.51. The van der Waals surface area contributed by atoms with E-state index in [-0.39, 0.29) is 54.2 Å². The number of imidazole rings is 1. The smallest absolute Gasteiger partial charge is 0.329 e. The number of benzene rings is 1. The van der Waals surface area contributed by atoms with Crippen LogP contribution in [0.4, 0.5) is 5.69 Å². The first-order chi connectivity index (χ1) is 18.9. The number of likely N-dealkylation sites (tertiary alicyclic amines) is 1. The van der Waals surface area contributed by atoms with Gasteiger partial charge in [0.25, 0.3) is 0 Å². The number of para-hydroxylation sites is 1. The number of carbonyl (C=O) groups excluding carboxylic acids is 4. The third-order valence-corrected chi connectivity index (χ3v) is 8.30. The van der Waals surface area contributed by atoms with Crippen LogP contribution in [-0.4, -0.2) is 62.5 Å². The van der Waals surface area contributed by atoms with Gasteiger partial charge in [0.2, 0.25) is 17.7 Å². The quantitative estimate of drug-likeness (QED) is 0.430. The van der Waals surface area contributed by atoms with Crippen molar-refractivity contribution in [1.29, 1.82) is 0 Å². The second-order valence-corrected chi connectivity index (χ2v) is 12.3. The molecule has 2 aromatic rings. The molecule has 0 bridgehead atoms. The van der Waals surface area contributed by atoms with Gasteiger partial charge in [-0.3, -0.25) is 33.6 Å². The van der Waals surface area contributed by atoms with E-state index >= 15 is 0 Å². The Labute approximate surface area is 233 Å². The van der Waals surface area contributed by atoms with Crippen LogP contribution in [0.3, 0.4) is 0 Å². The molecule has 0 spiro atoms. The van der Waals surface area contributed by atoms with Crippen LogP contribution in [0.15, 0.2) is 23.0 Å². The minimum Gasteiger partial charge on any atom is -0.460 e. The lowest BCUT2D eigenvalue weighted by molar-refractivity contribution is -0.159. The average molecular weight is 554 g/mol. The van der Waals surface area contributed by atoms with E-state index in [1.165, 1.54) is 4.57 Å². The first kappa shape index (κ1) is 27.9. The molecule has 1 aromatic carbocycles. The number of amides is 3. The number of anilines is 1. The van der Waals surface area contributed by atoms with Crippen molar-refractivity contribution >= 4 is 40.4 Å². The maximum absolute atomic E-state index is 13.2. The fraction of sp³-hybridized carbons (Fsp3) is 0.621. The zero-order valence-electron chi connectivity index (χ0n) is 23.7. The van der Waals surface area contributed by atoms with Crippen molar-refractivity contribution in [2.45, 2.75) is 83.4 Å². The molecule has 2 atom stereocenters. The van der Waals surface area contributed by atoms with Gasteiger partial charge in [0.05, 0.1) is 22.6 Å². The van der Waals surface area contributed by atoms with Gasteiger partial charge in [-0.2, -0.15) is 0 Å². The fourth-order valence-corrected chi connectivity index (χ4v) is 6.29. The van der Waals surface area contributed by atoms with Crippen LogP contribution in [-0.2, 0) is 31.0 Å². The van der Waals surface area contributed by atoms with E-state index in [9.17, 15) is 24.0 Å². The molecule has 1 unspecified atom stereocenters. The highest BCUT2D eigenvalue weighted by Gasteiger charge is 2.37. The number of piperidine rings is 1. The van der Waals surface area contributed by atoms with Crippen molar-refractivity contribution in [3.05, 3.63) is 28.7 Å². The van der Waals surface area contributed by atoms with Crippen LogP contribution in [0.1, 0.15) is 71.8 Å². The number of aryl methyl sites for hydroxylation is 1. The summed E-state index contributed by atoms with van der Waals surface area (Å²) >= 11 is 0. The van der Waals surface area contributed by atoms with Gasteiger partial charge in [-0.15, -0.1) is 0 Å². The van der Waals surface area contributed by atoms with Crippen molar-refractivity contribution in [1.82, 2.24) is 19.4 Å². The Kier molecular flexibility index (Phi) is 7.50. The number of fused-ring (bicyclic) bond motifs is 1. The molecule has 0 radical (unpaired) electrons. The number of hydrogen-bond acceptors (Lipinski definition) is 7. The molecule has 216 valence electrons. The second kappa shape index (κ2) is 10.7. The van der Waals surface area contributed by atoms with Crippen molar-refractivity contribution in [2.75, 3.05) is 18.4 Å². The molecule has 11 heteroatoms. The maximum Gasteiger partial charge on any atom is 0.329 e. The summed E-state index contributed by atoms with van der Waals surface area (Å²) in [5.41, 5.74) is 1.32. The van der Waals surface area contributed by atoms with Crippen LogP contribution in [0.25, 0.3) is 11.0 Å². The molecule has 5 rings (SSSR count). The maximum atomic E-state index is 13.2. The van der Waals surface area contributed by atoms with Gasteiger partial charge in [-0.1, -0.05) is 6.07 Å². The number of rotatable bonds is 5. The number of aromatic nitrogens is 2. The largest absolute Gasteiger partial charge is 0.460 e. The number of ether oxygens (including phenoxy) is 1. The van der Waals surface area contributed by atoms with Crippen LogP contribution in [0.5, 0.6) is 0 Å². The van der Waals surface area contributed by atoms with Gasteiger partial charge in [0.15, 0.2) is 0 Å². The van der Waals surface area contributed by atoms with Crippen molar-refractivity contribution in [3.8, 4) is 0 Å². The molecule has 2 aliphatic heterocycles. The zero-order chi connectivity index (χ0) is 28.8. The molecule has 2 saturated heterocycles. The number of esters is 1. The molecule has 3 heterocycles. The van der Waals surface area contributed by atoms with Crippen molar-refractivity contribution < 1.29 is 23.9 Å². The third-order valence-electron chi connectivity index (χ3n) is 8.30. The standard InChI is InChI=1S/C29H39N5O6/c1-29(2,3)40-27(38)18-14-15-33(16-18)26(37)17-8-10-19(11-9-17)30-20-6-5-7-21-24(20)32(4)28(39)34(21)22-12-13-23(35)31-25(22)36/h5-7,17-19,22,30H,8-16H2,1-4H3,(H,31,35,36)/t17?,18-,19?,22?/m1/s1. The second-order valence-electron chi connectivity index (χ2n) is 12.3. The molecule has 3 aliphatic rings. The summed E-state index contributed by atoms with van der Waals surface area (Å²) in [6.07, 6.45) is 4.22. The zero-order valence-corrected chi connectivity index (χ0v) is 23.7. The van der Waals surface area contributed by atoms with E-state index in [0.717, 1.165) is 31.4 Å². The Morgan fingerprint density at radius 2 is 1.73 bits per heavy atom. The Bertz CT molecular complexity index is 1390. The van der Waals surface area contributed by atoms with E-state index in [1.54, 1.807) is 11.6 Å². The molecule has 1 aliphatic carbocycles. The molecule has 2 N–H and O–H groups in total. The highest BCUT2D eigenvalue weighted by atomic mass is 16.6. The lowest BCUT2D eigenvalue weighted by Crippen LogP contribution is -2.44. The molecular weight excluding hydrogens is 514 g/mol. The Morgan fingerprint density at radius 1 is 1.00 bits per heavy atom. The van der Waals surface area contributed by atoms with Gasteiger partial charge in [-0.25, -0.2) is 4.79 Å². The molecule has 3 fully saturated rings. The predicted molar refractivity (Wildman–Crippen MR) is 149 cm³/mol. The SMILES string of the molecule is Cn1c(=O)n(C2CCC(=O)NC2=O)c2cccc(NC3CCC(C(=O)N4CC[C@@H](C(=O)OC(C)(C)C)C4)CC3)c21. The summed E-state index contributed by atoms with van der Waals surface area (Å²) in [6, 6.07) is 5.01. The number of nitrogens with one attached hydrogen (secondary N) is 2. The Morgan fingerprint density at radius 3 is 2.40 bits per heavy atom. The van der Waals surface area contributed by atoms with Crippen molar-refractivity contribution in [3.63, 3.8) is 0 Å². The van der Waals surface area contributed by atoms with Crippen LogP contribution >= 0.6 is 0 Å². The summed E-state index contributed by atoms with van der Waals surface area (Å²) in [4.78, 5) is 64.9. The molecule has 1 aromatic heterocycles. The summed E-state index contributed by atoms with van der Waals surface area (Å²) in [6.45, 7) is 6.56. The summed E-state index contributed by atoms with van der Waals surface area (Å²) in [5, 5.41) is 5.93. The molecule has 40 heavy (non-hydrogen) atoms. The van der Waals surface area contributed by atoms with Gasteiger partial charge >= 0.3 is 11.7 Å². The first-order valence-electron chi connectivity index (χ1n) is 14.2. The predicted octanol–water partition coefficient (Wildman–Crippen LogP) is 2.48. The topological polar surface area (TPSA) is 132 Å². The van der Waals surface area contributed by atoms with Crippen LogP contribution in [0.2, 0.25) is 0 Å². The van der Waals surface area contributed by atoms with E-state index in [0.29, 0.717) is 30.5 Å². The minimum atomic E-state index is -0.730. The minimum absolute atomic E-state index is 0.0656. The van der Waals surface area contributed by atoms with Gasteiger partial charge < -0.3 is 15.0 Å². The number of hydrogen-bond donors (Lipinski definition) is 2. The average Bonchev–Trinajstić information content (AvgIpc) is 3.48. The van der Waals surface area contributed by atoms with Gasteiger partial charge in [-0.05, 0) is 71.4 Å². The fourth-order valence-electron chi connectivity index (χ4n) is 6.29. The van der Waals surface area contributed by atoms with E-state index < -0.39 is 17.6 Å². The molecule has 1 saturated carbocycles. The van der Waals surface area contributed by atoms with Gasteiger partial charge in [0, 0.05) is 38.5 Å². The van der Waals surface area contributed by atoms with E-state index in [4.69, 9.17) is 4.74 Å². The monoisotopic (exact) mass is 553 g/mol. The summed E-state index contributed by atoms with van der Waals surface area (Å²) < 4.78 is 8.55. The summed E-state index contributed by atoms with van der Waals surface area (Å²) in [5.74, 6) is -1.22. The first-order valence-corrected chi connectivity index (χ1v) is 14.2. The van der Waals surface area contributed by atoms with E-state index in [1.807, 2.05) is 43.9 Å². The molecule has 3 amide bonds. The normalized spacial score (nSPS) is 25.6. The highest BCUT2D eigenvalue weighted by molar-refractivity contribution is 6.00. The molecular formula is C29H39N5O6.